The highest BCUT2D eigenvalue weighted by molar-refractivity contribution is 5.90. The number of hydrogen-bond acceptors (Lipinski definition) is 9. The zero-order valence-corrected chi connectivity index (χ0v) is 24.8. The molecule has 3 fully saturated rings. The second-order valence-electron chi connectivity index (χ2n) is 12.3. The van der Waals surface area contributed by atoms with Crippen LogP contribution in [-0.4, -0.2) is 91.0 Å². The maximum absolute atomic E-state index is 13.7. The van der Waals surface area contributed by atoms with Crippen LogP contribution >= 0.6 is 0 Å². The Morgan fingerprint density at radius 2 is 1.91 bits per heavy atom. The van der Waals surface area contributed by atoms with Crippen LogP contribution in [0.4, 0.5) is 19.0 Å². The number of fused-ring (bicyclic) bond motifs is 1. The normalized spacial score (nSPS) is 23.6. The van der Waals surface area contributed by atoms with Gasteiger partial charge in [-0.15, -0.1) is 0 Å². The summed E-state index contributed by atoms with van der Waals surface area (Å²) in [6.07, 6.45) is 6.20. The van der Waals surface area contributed by atoms with Crippen molar-refractivity contribution >= 4 is 16.9 Å². The number of H-pyrrole nitrogens is 1. The molecule has 0 unspecified atom stereocenters. The van der Waals surface area contributed by atoms with Crippen LogP contribution in [0.3, 0.4) is 0 Å². The van der Waals surface area contributed by atoms with Crippen LogP contribution in [0.1, 0.15) is 43.4 Å². The van der Waals surface area contributed by atoms with Crippen molar-refractivity contribution in [2.24, 2.45) is 0 Å². The third kappa shape index (κ3) is 6.12. The number of nitriles is 1. The van der Waals surface area contributed by atoms with E-state index in [0.717, 1.165) is 67.1 Å². The van der Waals surface area contributed by atoms with E-state index in [2.05, 4.69) is 46.2 Å². The first-order chi connectivity index (χ1) is 21.8. The summed E-state index contributed by atoms with van der Waals surface area (Å²) in [6, 6.07) is 7.57. The number of likely N-dealkylation sites (tertiary alicyclic amines) is 1. The van der Waals surface area contributed by atoms with E-state index in [-0.39, 0.29) is 17.4 Å². The second kappa shape index (κ2) is 12.0. The Balaban J connectivity index is 0.981. The number of pyridine rings is 1. The summed E-state index contributed by atoms with van der Waals surface area (Å²) in [6.45, 7) is 4.64. The molecule has 2 aliphatic heterocycles. The van der Waals surface area contributed by atoms with Gasteiger partial charge in [0.15, 0.2) is 0 Å². The molecule has 45 heavy (non-hydrogen) atoms. The highest BCUT2D eigenvalue weighted by atomic mass is 19.4. The van der Waals surface area contributed by atoms with E-state index in [1.54, 1.807) is 12.3 Å². The first-order valence-corrected chi connectivity index (χ1v) is 15.4. The molecule has 0 radical (unpaired) electrons. The van der Waals surface area contributed by atoms with Gasteiger partial charge >= 0.3 is 6.18 Å². The number of morpholine rings is 1. The van der Waals surface area contributed by atoms with E-state index >= 15 is 0 Å². The Bertz CT molecular complexity index is 1670. The number of hydrogen-bond donors (Lipinski definition) is 2. The topological polar surface area (TPSA) is 124 Å². The van der Waals surface area contributed by atoms with E-state index in [4.69, 9.17) is 4.74 Å². The van der Waals surface area contributed by atoms with Gasteiger partial charge in [-0.05, 0) is 49.4 Å². The van der Waals surface area contributed by atoms with Gasteiger partial charge < -0.3 is 19.9 Å². The molecule has 1 saturated carbocycles. The largest absolute Gasteiger partial charge is 0.433 e. The third-order valence-corrected chi connectivity index (χ3v) is 9.42. The number of nitrogens with zero attached hydrogens (tertiary/aromatic N) is 8. The Labute approximate surface area is 258 Å². The van der Waals surface area contributed by atoms with Crippen molar-refractivity contribution in [1.29, 1.82) is 5.26 Å². The fraction of sp³-hybridized carbons (Fsp3) is 0.516. The molecule has 11 nitrogen and oxygen atoms in total. The van der Waals surface area contributed by atoms with Crippen molar-refractivity contribution in [2.45, 2.75) is 62.4 Å². The van der Waals surface area contributed by atoms with Gasteiger partial charge in [0.25, 0.3) is 0 Å². The van der Waals surface area contributed by atoms with Crippen molar-refractivity contribution in [3.8, 4) is 17.3 Å². The van der Waals surface area contributed by atoms with Gasteiger partial charge in [0.05, 0.1) is 43.1 Å². The van der Waals surface area contributed by atoms with E-state index in [9.17, 15) is 18.4 Å². The summed E-state index contributed by atoms with van der Waals surface area (Å²) in [5.74, 6) is 0.276. The van der Waals surface area contributed by atoms with Gasteiger partial charge in [-0.1, -0.05) is 0 Å². The lowest BCUT2D eigenvalue weighted by Crippen LogP contribution is -2.58. The lowest BCUT2D eigenvalue weighted by molar-refractivity contribution is -0.141. The summed E-state index contributed by atoms with van der Waals surface area (Å²) >= 11 is 0. The molecule has 4 aromatic heterocycles. The van der Waals surface area contributed by atoms with Crippen molar-refractivity contribution in [3.63, 3.8) is 0 Å². The molecule has 0 amide bonds. The Morgan fingerprint density at radius 1 is 1.11 bits per heavy atom. The molecular formula is C31H35F3N10O. The monoisotopic (exact) mass is 620 g/mol. The molecule has 6 heterocycles. The van der Waals surface area contributed by atoms with Gasteiger partial charge in [-0.25, -0.2) is 15.0 Å². The summed E-state index contributed by atoms with van der Waals surface area (Å²) in [4.78, 5) is 20.3. The van der Waals surface area contributed by atoms with Crippen molar-refractivity contribution in [2.75, 3.05) is 44.7 Å². The molecule has 2 saturated heterocycles. The van der Waals surface area contributed by atoms with Crippen LogP contribution in [0, 0.1) is 11.3 Å². The van der Waals surface area contributed by atoms with Crippen LogP contribution in [0.15, 0.2) is 43.1 Å². The number of aromatic amines is 1. The van der Waals surface area contributed by atoms with E-state index in [1.807, 2.05) is 23.1 Å². The predicted octanol–water partition coefficient (Wildman–Crippen LogP) is 4.42. The van der Waals surface area contributed by atoms with E-state index in [1.165, 1.54) is 6.33 Å². The van der Waals surface area contributed by atoms with Crippen LogP contribution in [0.25, 0.3) is 22.3 Å². The molecule has 0 bridgehead atoms. The predicted molar refractivity (Wildman–Crippen MR) is 160 cm³/mol. The average molecular weight is 621 g/mol. The summed E-state index contributed by atoms with van der Waals surface area (Å²) in [5, 5.41) is 18.6. The molecule has 236 valence electrons. The lowest BCUT2D eigenvalue weighted by atomic mass is 9.69. The standard InChI is InChI=1S/C31H35F3N10O/c32-31(33,34)26-13-21(18-42-9-11-45-12-10-42)14-27(41-26)40-23-2-7-43(8-3-23)24-15-30(16-24,4-5-35)44-19-22(17-39-44)28-25-1-6-36-29(25)38-20-37-28/h1,6,13-14,17,19-20,23-24H,2-4,7-12,15-16,18H2,(H,40,41)(H,36,37,38)/t24-,30-. The molecule has 1 aliphatic carbocycles. The Morgan fingerprint density at radius 3 is 2.67 bits per heavy atom. The Hall–Kier alpha value is -4.06. The van der Waals surface area contributed by atoms with Crippen LogP contribution < -0.4 is 5.32 Å². The molecular weight excluding hydrogens is 585 g/mol. The highest BCUT2D eigenvalue weighted by Crippen LogP contribution is 2.45. The van der Waals surface area contributed by atoms with Gasteiger partial charge in [0.1, 0.15) is 23.5 Å². The molecule has 0 atom stereocenters. The average Bonchev–Trinajstić information content (AvgIpc) is 3.70. The SMILES string of the molecule is N#CC[C@]1(n2cc(-c3ncnc4[nH]ccc34)cn2)C[C@H](N2CCC(Nc3cc(CN4CCOCC4)cc(C(F)(F)F)n3)CC2)C1. The molecule has 3 aliphatic rings. The molecule has 14 heteroatoms. The fourth-order valence-electron chi connectivity index (χ4n) is 6.98. The number of halogens is 3. The zero-order chi connectivity index (χ0) is 31.0. The maximum Gasteiger partial charge on any atom is 0.433 e. The second-order valence-corrected chi connectivity index (χ2v) is 12.3. The van der Waals surface area contributed by atoms with E-state index in [0.29, 0.717) is 50.9 Å². The minimum absolute atomic E-state index is 0.0317. The smallest absolute Gasteiger partial charge is 0.379 e. The Kier molecular flexibility index (Phi) is 7.93. The van der Waals surface area contributed by atoms with Gasteiger partial charge in [0.2, 0.25) is 0 Å². The summed E-state index contributed by atoms with van der Waals surface area (Å²) in [5.41, 5.74) is 1.80. The zero-order valence-electron chi connectivity index (χ0n) is 24.8. The number of alkyl halides is 3. The number of ether oxygens (including phenoxy) is 1. The number of rotatable bonds is 8. The van der Waals surface area contributed by atoms with Gasteiger partial charge in [0, 0.05) is 68.2 Å². The minimum atomic E-state index is -4.51. The van der Waals surface area contributed by atoms with Crippen LogP contribution in [0.2, 0.25) is 0 Å². The summed E-state index contributed by atoms with van der Waals surface area (Å²) in [7, 11) is 0. The molecule has 0 spiro atoms. The van der Waals surface area contributed by atoms with Crippen molar-refractivity contribution in [1.82, 2.24) is 39.5 Å². The maximum atomic E-state index is 13.7. The van der Waals surface area contributed by atoms with Crippen molar-refractivity contribution in [3.05, 3.63) is 54.4 Å². The minimum Gasteiger partial charge on any atom is -0.379 e. The fourth-order valence-corrected chi connectivity index (χ4v) is 6.98. The molecule has 2 N–H and O–H groups in total. The number of anilines is 1. The summed E-state index contributed by atoms with van der Waals surface area (Å²) < 4.78 is 48.4. The number of piperidine rings is 1. The number of nitrogens with one attached hydrogen (secondary N) is 2. The number of aromatic nitrogens is 6. The quantitative estimate of drug-likeness (QED) is 0.295. The first kappa shape index (κ1) is 29.6. The lowest BCUT2D eigenvalue weighted by Gasteiger charge is -2.52. The van der Waals surface area contributed by atoms with Crippen LogP contribution in [-0.2, 0) is 23.0 Å². The molecule has 7 rings (SSSR count). The van der Waals surface area contributed by atoms with Crippen LogP contribution in [0.5, 0.6) is 0 Å². The molecule has 0 aromatic carbocycles. The van der Waals surface area contributed by atoms with Crippen molar-refractivity contribution < 1.29 is 17.9 Å². The van der Waals surface area contributed by atoms with E-state index < -0.39 is 11.9 Å². The van der Waals surface area contributed by atoms with Gasteiger partial charge in [-0.3, -0.25) is 9.58 Å². The molecule has 4 aromatic rings. The van der Waals surface area contributed by atoms with Gasteiger partial charge in [-0.2, -0.15) is 23.5 Å². The first-order valence-electron chi connectivity index (χ1n) is 15.4. The third-order valence-electron chi connectivity index (χ3n) is 9.42. The highest BCUT2D eigenvalue weighted by Gasteiger charge is 2.49.